The molecule has 2 heterocycles. The number of benzene rings is 1. The van der Waals surface area contributed by atoms with Gasteiger partial charge in [-0.15, -0.1) is 0 Å². The number of hydrogen-bond donors (Lipinski definition) is 0. The molecule has 3 rings (SSSR count). The van der Waals surface area contributed by atoms with Crippen LogP contribution < -0.4 is 4.90 Å². The summed E-state index contributed by atoms with van der Waals surface area (Å²) < 4.78 is 18.8. The van der Waals surface area contributed by atoms with Crippen LogP contribution in [0.2, 0.25) is 0 Å². The van der Waals surface area contributed by atoms with E-state index in [0.29, 0.717) is 0 Å². The highest BCUT2D eigenvalue weighted by Crippen LogP contribution is 2.25. The summed E-state index contributed by atoms with van der Waals surface area (Å²) in [5, 5.41) is 0.883. The number of halogens is 1. The maximum absolute atomic E-state index is 13.3. The number of anilines is 1. The SMILES string of the molecule is COC1CCCN(c2cc(C)c3cc(F)ccc3n2)C1. The van der Waals surface area contributed by atoms with Gasteiger partial charge in [0.2, 0.25) is 0 Å². The first kappa shape index (κ1) is 13.3. The van der Waals surface area contributed by atoms with Crippen molar-refractivity contribution in [1.82, 2.24) is 4.98 Å². The second-order valence-electron chi connectivity index (χ2n) is 5.40. The van der Waals surface area contributed by atoms with Gasteiger partial charge in [-0.3, -0.25) is 0 Å². The molecule has 0 bridgehead atoms. The first-order valence-electron chi connectivity index (χ1n) is 7.02. The van der Waals surface area contributed by atoms with Crippen LogP contribution in [-0.4, -0.2) is 31.3 Å². The van der Waals surface area contributed by atoms with Crippen molar-refractivity contribution in [3.8, 4) is 0 Å². The molecule has 0 spiro atoms. The fourth-order valence-corrected chi connectivity index (χ4v) is 2.85. The predicted molar refractivity (Wildman–Crippen MR) is 78.7 cm³/mol. The normalized spacial score (nSPS) is 19.6. The Morgan fingerprint density at radius 2 is 2.20 bits per heavy atom. The predicted octanol–water partition coefficient (Wildman–Crippen LogP) is 3.30. The molecule has 2 aromatic rings. The van der Waals surface area contributed by atoms with Crippen LogP contribution in [0.1, 0.15) is 18.4 Å². The number of methoxy groups -OCH3 is 1. The Labute approximate surface area is 118 Å². The summed E-state index contributed by atoms with van der Waals surface area (Å²) in [6, 6.07) is 6.81. The first-order valence-corrected chi connectivity index (χ1v) is 7.02. The summed E-state index contributed by atoms with van der Waals surface area (Å²) in [7, 11) is 1.76. The summed E-state index contributed by atoms with van der Waals surface area (Å²) in [6.07, 6.45) is 2.49. The number of piperidine rings is 1. The molecular formula is C16H19FN2O. The van der Waals surface area contributed by atoms with E-state index in [-0.39, 0.29) is 11.9 Å². The number of fused-ring (bicyclic) bond motifs is 1. The highest BCUT2D eigenvalue weighted by molar-refractivity contribution is 5.84. The molecule has 0 saturated carbocycles. The fraction of sp³-hybridized carbons (Fsp3) is 0.438. The van der Waals surface area contributed by atoms with Crippen molar-refractivity contribution in [3.63, 3.8) is 0 Å². The second kappa shape index (κ2) is 5.37. The molecule has 1 aliphatic rings. The highest BCUT2D eigenvalue weighted by Gasteiger charge is 2.21. The fourth-order valence-electron chi connectivity index (χ4n) is 2.85. The van der Waals surface area contributed by atoms with Crippen molar-refractivity contribution in [2.24, 2.45) is 0 Å². The van der Waals surface area contributed by atoms with E-state index in [1.165, 1.54) is 6.07 Å². The van der Waals surface area contributed by atoms with Crippen LogP contribution in [0.25, 0.3) is 10.9 Å². The van der Waals surface area contributed by atoms with Crippen LogP contribution in [0, 0.1) is 12.7 Å². The lowest BCUT2D eigenvalue weighted by Gasteiger charge is -2.33. The molecular weight excluding hydrogens is 255 g/mol. The molecule has 1 atom stereocenters. The van der Waals surface area contributed by atoms with Gasteiger partial charge < -0.3 is 9.64 Å². The summed E-state index contributed by atoms with van der Waals surface area (Å²) in [4.78, 5) is 6.93. The molecule has 1 saturated heterocycles. The van der Waals surface area contributed by atoms with Crippen molar-refractivity contribution in [3.05, 3.63) is 35.6 Å². The van der Waals surface area contributed by atoms with Crippen LogP contribution >= 0.6 is 0 Å². The Hall–Kier alpha value is -1.68. The van der Waals surface area contributed by atoms with E-state index < -0.39 is 0 Å². The van der Waals surface area contributed by atoms with Crippen LogP contribution in [0.4, 0.5) is 10.2 Å². The average Bonchev–Trinajstić information content (AvgIpc) is 2.48. The lowest BCUT2D eigenvalue weighted by molar-refractivity contribution is 0.0891. The van der Waals surface area contributed by atoms with Gasteiger partial charge in [0.15, 0.2) is 0 Å². The van der Waals surface area contributed by atoms with E-state index >= 15 is 0 Å². The summed E-state index contributed by atoms with van der Waals surface area (Å²) in [5.74, 6) is 0.746. The Morgan fingerprint density at radius 3 is 3.00 bits per heavy atom. The number of nitrogens with zero attached hydrogens (tertiary/aromatic N) is 2. The molecule has 3 nitrogen and oxygen atoms in total. The van der Waals surface area contributed by atoms with Crippen molar-refractivity contribution in [2.75, 3.05) is 25.1 Å². The van der Waals surface area contributed by atoms with Gasteiger partial charge >= 0.3 is 0 Å². The minimum atomic E-state index is -0.215. The quantitative estimate of drug-likeness (QED) is 0.840. The van der Waals surface area contributed by atoms with E-state index in [1.807, 2.05) is 13.0 Å². The standard InChI is InChI=1S/C16H19FN2O/c1-11-8-16(19-7-3-4-13(10-19)20-2)18-15-6-5-12(17)9-14(11)15/h5-6,8-9,13H,3-4,7,10H2,1-2H3. The molecule has 0 aliphatic carbocycles. The summed E-state index contributed by atoms with van der Waals surface area (Å²) in [5.41, 5.74) is 1.91. The molecule has 0 radical (unpaired) electrons. The molecule has 1 aliphatic heterocycles. The van der Waals surface area contributed by atoms with Gasteiger partial charge in [-0.05, 0) is 49.6 Å². The minimum absolute atomic E-state index is 0.215. The van der Waals surface area contributed by atoms with Gasteiger partial charge in [-0.1, -0.05) is 0 Å². The Kier molecular flexibility index (Phi) is 3.57. The lowest BCUT2D eigenvalue weighted by atomic mass is 10.1. The largest absolute Gasteiger partial charge is 0.380 e. The van der Waals surface area contributed by atoms with E-state index in [4.69, 9.17) is 4.74 Å². The van der Waals surface area contributed by atoms with Crippen LogP contribution in [-0.2, 0) is 4.74 Å². The van der Waals surface area contributed by atoms with Crippen molar-refractivity contribution < 1.29 is 9.13 Å². The van der Waals surface area contributed by atoms with E-state index in [0.717, 1.165) is 48.2 Å². The minimum Gasteiger partial charge on any atom is -0.380 e. The topological polar surface area (TPSA) is 25.4 Å². The van der Waals surface area contributed by atoms with Crippen molar-refractivity contribution in [1.29, 1.82) is 0 Å². The zero-order valence-corrected chi connectivity index (χ0v) is 11.9. The van der Waals surface area contributed by atoms with Crippen molar-refractivity contribution in [2.45, 2.75) is 25.9 Å². The zero-order valence-electron chi connectivity index (χ0n) is 11.9. The third-order valence-electron chi connectivity index (χ3n) is 4.00. The van der Waals surface area contributed by atoms with Crippen LogP contribution in [0.3, 0.4) is 0 Å². The van der Waals surface area contributed by atoms with E-state index in [2.05, 4.69) is 9.88 Å². The molecule has 106 valence electrons. The maximum Gasteiger partial charge on any atom is 0.129 e. The molecule has 1 aromatic carbocycles. The summed E-state index contributed by atoms with van der Waals surface area (Å²) >= 11 is 0. The van der Waals surface area contributed by atoms with Gasteiger partial charge in [-0.25, -0.2) is 9.37 Å². The number of aryl methyl sites for hydroxylation is 1. The van der Waals surface area contributed by atoms with Gasteiger partial charge in [0, 0.05) is 25.6 Å². The smallest absolute Gasteiger partial charge is 0.129 e. The van der Waals surface area contributed by atoms with E-state index in [1.54, 1.807) is 19.2 Å². The van der Waals surface area contributed by atoms with Gasteiger partial charge in [-0.2, -0.15) is 0 Å². The third kappa shape index (κ3) is 2.48. The number of aromatic nitrogens is 1. The highest BCUT2D eigenvalue weighted by atomic mass is 19.1. The first-order chi connectivity index (χ1) is 9.67. The molecule has 4 heteroatoms. The Bertz CT molecular complexity index is 629. The molecule has 0 N–H and O–H groups in total. The Balaban J connectivity index is 1.98. The van der Waals surface area contributed by atoms with Crippen LogP contribution in [0.15, 0.2) is 24.3 Å². The third-order valence-corrected chi connectivity index (χ3v) is 4.00. The number of hydrogen-bond acceptors (Lipinski definition) is 3. The number of pyridine rings is 1. The van der Waals surface area contributed by atoms with Gasteiger partial charge in [0.25, 0.3) is 0 Å². The van der Waals surface area contributed by atoms with Gasteiger partial charge in [0.1, 0.15) is 11.6 Å². The second-order valence-corrected chi connectivity index (χ2v) is 5.40. The van der Waals surface area contributed by atoms with E-state index in [9.17, 15) is 4.39 Å². The number of rotatable bonds is 2. The molecule has 1 aromatic heterocycles. The summed E-state index contributed by atoms with van der Waals surface area (Å²) in [6.45, 7) is 3.87. The van der Waals surface area contributed by atoms with Crippen LogP contribution in [0.5, 0.6) is 0 Å². The molecule has 1 fully saturated rings. The maximum atomic E-state index is 13.3. The average molecular weight is 274 g/mol. The molecule has 20 heavy (non-hydrogen) atoms. The Morgan fingerprint density at radius 1 is 1.35 bits per heavy atom. The van der Waals surface area contributed by atoms with Gasteiger partial charge in [0.05, 0.1) is 11.6 Å². The van der Waals surface area contributed by atoms with Crippen molar-refractivity contribution >= 4 is 16.7 Å². The molecule has 1 unspecified atom stereocenters. The zero-order chi connectivity index (χ0) is 14.1. The molecule has 0 amide bonds. The lowest BCUT2D eigenvalue weighted by Crippen LogP contribution is -2.39. The number of ether oxygens (including phenoxy) is 1. The monoisotopic (exact) mass is 274 g/mol.